The van der Waals surface area contributed by atoms with E-state index >= 15 is 0 Å². The number of hydrogen-bond donors (Lipinski definition) is 0. The monoisotopic (exact) mass is 432 g/mol. The highest BCUT2D eigenvalue weighted by atomic mass is 16.5. The highest BCUT2D eigenvalue weighted by molar-refractivity contribution is 5.93. The molecule has 9 nitrogen and oxygen atoms in total. The van der Waals surface area contributed by atoms with Crippen molar-refractivity contribution in [2.45, 2.75) is 6.54 Å². The van der Waals surface area contributed by atoms with Crippen molar-refractivity contribution in [1.29, 1.82) is 0 Å². The van der Waals surface area contributed by atoms with Gasteiger partial charge in [-0.2, -0.15) is 10.1 Å². The maximum absolute atomic E-state index is 5.64. The van der Waals surface area contributed by atoms with Crippen LogP contribution in [0.3, 0.4) is 0 Å². The molecule has 9 heteroatoms. The van der Waals surface area contributed by atoms with Crippen molar-refractivity contribution >= 4 is 11.0 Å². The van der Waals surface area contributed by atoms with Crippen LogP contribution in [0.15, 0.2) is 90.2 Å². The highest BCUT2D eigenvalue weighted by Crippen LogP contribution is 2.32. The van der Waals surface area contributed by atoms with Crippen LogP contribution in [0.4, 0.5) is 0 Å². The van der Waals surface area contributed by atoms with Crippen LogP contribution < -0.4 is 0 Å². The van der Waals surface area contributed by atoms with Crippen LogP contribution in [0.25, 0.3) is 45.3 Å². The van der Waals surface area contributed by atoms with Gasteiger partial charge in [0, 0.05) is 36.5 Å². The topological polar surface area (TPSA) is 108 Å². The predicted molar refractivity (Wildman–Crippen MR) is 121 cm³/mol. The smallest absolute Gasteiger partial charge is 0.259 e. The van der Waals surface area contributed by atoms with Crippen LogP contribution >= 0.6 is 0 Å². The van der Waals surface area contributed by atoms with E-state index in [9.17, 15) is 0 Å². The zero-order chi connectivity index (χ0) is 22.0. The van der Waals surface area contributed by atoms with Gasteiger partial charge in [0.15, 0.2) is 5.65 Å². The van der Waals surface area contributed by atoms with Crippen molar-refractivity contribution in [3.63, 3.8) is 0 Å². The summed E-state index contributed by atoms with van der Waals surface area (Å²) in [5.74, 6) is 0.787. The summed E-state index contributed by atoms with van der Waals surface area (Å²) in [5, 5.41) is 9.52. The minimum atomic E-state index is 0.370. The first-order chi connectivity index (χ1) is 16.3. The van der Waals surface area contributed by atoms with Crippen LogP contribution in [0.5, 0.6) is 0 Å². The summed E-state index contributed by atoms with van der Waals surface area (Å²) in [4.78, 5) is 22.2. The van der Waals surface area contributed by atoms with E-state index in [1.54, 1.807) is 31.0 Å². The third-order valence-electron chi connectivity index (χ3n) is 5.17. The fourth-order valence-electron chi connectivity index (χ4n) is 3.60. The Bertz CT molecular complexity index is 1530. The van der Waals surface area contributed by atoms with E-state index in [0.717, 1.165) is 27.8 Å². The molecule has 0 fully saturated rings. The molecule has 158 valence electrons. The van der Waals surface area contributed by atoms with Gasteiger partial charge in [-0.05, 0) is 42.0 Å². The van der Waals surface area contributed by atoms with Crippen LogP contribution in [-0.2, 0) is 6.54 Å². The maximum Gasteiger partial charge on any atom is 0.259 e. The van der Waals surface area contributed by atoms with Crippen LogP contribution in [-0.4, -0.2) is 39.9 Å². The molecule has 0 aromatic carbocycles. The molecule has 0 spiro atoms. The standard InChI is InChI=1S/C24H16N8O/c1-2-10-27-20(7-1)22-30-24(33-31-22)18-11-21(17-6-4-9-26-13-17)29-23-19(18)14-28-32(23)15-16-5-3-8-25-12-16/h1-14H,15H2. The molecule has 0 aliphatic rings. The molecule has 6 aromatic rings. The molecule has 0 atom stereocenters. The van der Waals surface area contributed by atoms with Crippen molar-refractivity contribution < 1.29 is 4.52 Å². The average Bonchev–Trinajstić information content (AvgIpc) is 3.53. The van der Waals surface area contributed by atoms with E-state index in [2.05, 4.69) is 30.2 Å². The van der Waals surface area contributed by atoms with E-state index in [0.29, 0.717) is 29.6 Å². The zero-order valence-corrected chi connectivity index (χ0v) is 17.3. The molecule has 33 heavy (non-hydrogen) atoms. The molecule has 6 rings (SSSR count). The molecule has 0 radical (unpaired) electrons. The van der Waals surface area contributed by atoms with Gasteiger partial charge in [0.1, 0.15) is 5.69 Å². The van der Waals surface area contributed by atoms with Crippen LogP contribution in [0, 0.1) is 0 Å². The second-order valence-electron chi connectivity index (χ2n) is 7.34. The first-order valence-corrected chi connectivity index (χ1v) is 10.3. The second kappa shape index (κ2) is 8.04. The average molecular weight is 432 g/mol. The normalized spacial score (nSPS) is 11.2. The summed E-state index contributed by atoms with van der Waals surface area (Å²) in [5.41, 5.74) is 4.71. The Morgan fingerprint density at radius 1 is 0.818 bits per heavy atom. The van der Waals surface area contributed by atoms with Crippen molar-refractivity contribution in [1.82, 2.24) is 39.9 Å². The van der Waals surface area contributed by atoms with Gasteiger partial charge in [0.05, 0.1) is 29.4 Å². The molecule has 0 aliphatic heterocycles. The Kier molecular flexibility index (Phi) is 4.62. The second-order valence-corrected chi connectivity index (χ2v) is 7.34. The SMILES string of the molecule is c1ccc(-c2noc(-c3cc(-c4cccnc4)nc4c3cnn4Cc3cccnc3)n2)nc1. The molecule has 0 aliphatic carbocycles. The third-order valence-corrected chi connectivity index (χ3v) is 5.17. The molecule has 6 aromatic heterocycles. The quantitative estimate of drug-likeness (QED) is 0.401. The number of nitrogens with zero attached hydrogens (tertiary/aromatic N) is 8. The number of fused-ring (bicyclic) bond motifs is 1. The summed E-state index contributed by atoms with van der Waals surface area (Å²) in [6.07, 6.45) is 10.5. The lowest BCUT2D eigenvalue weighted by atomic mass is 10.1. The lowest BCUT2D eigenvalue weighted by Crippen LogP contribution is -2.03. The van der Waals surface area contributed by atoms with E-state index in [-0.39, 0.29) is 0 Å². The van der Waals surface area contributed by atoms with E-state index in [1.807, 2.05) is 59.4 Å². The van der Waals surface area contributed by atoms with E-state index in [1.165, 1.54) is 0 Å². The molecule has 6 heterocycles. The van der Waals surface area contributed by atoms with Gasteiger partial charge in [-0.15, -0.1) is 0 Å². The Morgan fingerprint density at radius 2 is 1.73 bits per heavy atom. The summed E-state index contributed by atoms with van der Waals surface area (Å²) < 4.78 is 7.48. The fraction of sp³-hybridized carbons (Fsp3) is 0.0417. The minimum absolute atomic E-state index is 0.370. The Labute approximate surface area is 187 Å². The number of aromatic nitrogens is 8. The first-order valence-electron chi connectivity index (χ1n) is 10.3. The summed E-state index contributed by atoms with van der Waals surface area (Å²) in [7, 11) is 0. The van der Waals surface area contributed by atoms with Gasteiger partial charge < -0.3 is 4.52 Å². The Hall–Kier alpha value is -4.79. The number of hydrogen-bond acceptors (Lipinski definition) is 8. The molecule has 0 saturated heterocycles. The van der Waals surface area contributed by atoms with E-state index < -0.39 is 0 Å². The predicted octanol–water partition coefficient (Wildman–Crippen LogP) is 4.05. The molecule has 0 amide bonds. The number of rotatable bonds is 5. The molecular formula is C24H16N8O. The third kappa shape index (κ3) is 3.61. The van der Waals surface area contributed by atoms with Gasteiger partial charge in [0.25, 0.3) is 5.89 Å². The molecule has 0 N–H and O–H groups in total. The van der Waals surface area contributed by atoms with Crippen molar-refractivity contribution in [2.24, 2.45) is 0 Å². The minimum Gasteiger partial charge on any atom is -0.334 e. The van der Waals surface area contributed by atoms with Gasteiger partial charge in [-0.25, -0.2) is 9.67 Å². The number of pyridine rings is 4. The highest BCUT2D eigenvalue weighted by Gasteiger charge is 2.19. The van der Waals surface area contributed by atoms with Crippen LogP contribution in [0.1, 0.15) is 5.56 Å². The van der Waals surface area contributed by atoms with Crippen LogP contribution in [0.2, 0.25) is 0 Å². The van der Waals surface area contributed by atoms with Crippen molar-refractivity contribution in [3.05, 3.63) is 91.3 Å². The summed E-state index contributed by atoms with van der Waals surface area (Å²) in [6, 6.07) is 15.2. The van der Waals surface area contributed by atoms with E-state index in [4.69, 9.17) is 9.51 Å². The van der Waals surface area contributed by atoms with Gasteiger partial charge in [-0.1, -0.05) is 17.3 Å². The molecular weight excluding hydrogens is 416 g/mol. The molecule has 0 saturated carbocycles. The first kappa shape index (κ1) is 18.9. The lowest BCUT2D eigenvalue weighted by molar-refractivity contribution is 0.432. The lowest BCUT2D eigenvalue weighted by Gasteiger charge is -2.07. The van der Waals surface area contributed by atoms with Crippen molar-refractivity contribution in [2.75, 3.05) is 0 Å². The fourth-order valence-corrected chi connectivity index (χ4v) is 3.60. The molecule has 0 unspecified atom stereocenters. The zero-order valence-electron chi connectivity index (χ0n) is 17.3. The Morgan fingerprint density at radius 3 is 2.52 bits per heavy atom. The summed E-state index contributed by atoms with van der Waals surface area (Å²) >= 11 is 0. The maximum atomic E-state index is 5.64. The van der Waals surface area contributed by atoms with Crippen molar-refractivity contribution in [3.8, 4) is 34.2 Å². The Balaban J connectivity index is 1.51. The molecule has 0 bridgehead atoms. The summed E-state index contributed by atoms with van der Waals surface area (Å²) in [6.45, 7) is 0.531. The van der Waals surface area contributed by atoms with Gasteiger partial charge in [0.2, 0.25) is 5.82 Å². The van der Waals surface area contributed by atoms with Gasteiger partial charge >= 0.3 is 0 Å². The van der Waals surface area contributed by atoms with Gasteiger partial charge in [-0.3, -0.25) is 15.0 Å². The largest absolute Gasteiger partial charge is 0.334 e.